The minimum absolute atomic E-state index is 0.00852. The van der Waals surface area contributed by atoms with Crippen molar-refractivity contribution in [3.8, 4) is 0 Å². The van der Waals surface area contributed by atoms with Gasteiger partial charge in [0.2, 0.25) is 0 Å². The van der Waals surface area contributed by atoms with E-state index in [9.17, 15) is 14.3 Å². The second-order valence-electron chi connectivity index (χ2n) is 9.17. The zero-order valence-corrected chi connectivity index (χ0v) is 17.9. The highest BCUT2D eigenvalue weighted by atomic mass is 19.1. The van der Waals surface area contributed by atoms with E-state index in [1.165, 1.54) is 12.1 Å². The van der Waals surface area contributed by atoms with Gasteiger partial charge in [-0.15, -0.1) is 0 Å². The van der Waals surface area contributed by atoms with Crippen molar-refractivity contribution in [2.75, 3.05) is 13.1 Å². The van der Waals surface area contributed by atoms with Crippen LogP contribution < -0.4 is 0 Å². The van der Waals surface area contributed by atoms with Crippen molar-refractivity contribution >= 4 is 5.97 Å². The van der Waals surface area contributed by atoms with Crippen molar-refractivity contribution in [2.45, 2.75) is 56.0 Å². The van der Waals surface area contributed by atoms with Crippen molar-refractivity contribution in [3.05, 3.63) is 83.0 Å². The molecule has 2 aromatic carbocycles. The molecule has 0 aromatic heterocycles. The van der Waals surface area contributed by atoms with Crippen LogP contribution >= 0.6 is 0 Å². The summed E-state index contributed by atoms with van der Waals surface area (Å²) >= 11 is 0. The molecule has 2 aromatic rings. The van der Waals surface area contributed by atoms with Gasteiger partial charge in [-0.05, 0) is 61.6 Å². The van der Waals surface area contributed by atoms with Gasteiger partial charge in [-0.2, -0.15) is 0 Å². The molecule has 2 atom stereocenters. The van der Waals surface area contributed by atoms with Crippen LogP contribution in [0.1, 0.15) is 50.2 Å². The van der Waals surface area contributed by atoms with Crippen LogP contribution in [0.15, 0.2) is 54.6 Å². The van der Waals surface area contributed by atoms with Crippen LogP contribution in [-0.2, 0) is 15.7 Å². The van der Waals surface area contributed by atoms with Gasteiger partial charge < -0.3 is 14.9 Å². The smallest absolute Gasteiger partial charge is 0.314 e. The molecule has 31 heavy (non-hydrogen) atoms. The highest BCUT2D eigenvalue weighted by Crippen LogP contribution is 2.45. The lowest BCUT2D eigenvalue weighted by Gasteiger charge is -2.48. The third kappa shape index (κ3) is 3.74. The molecule has 1 aliphatic carbocycles. The summed E-state index contributed by atoms with van der Waals surface area (Å²) in [5, 5.41) is 10.2. The van der Waals surface area contributed by atoms with Crippen LogP contribution in [0.4, 0.5) is 4.39 Å². The van der Waals surface area contributed by atoms with Gasteiger partial charge in [0.25, 0.3) is 5.54 Å². The van der Waals surface area contributed by atoms with Crippen LogP contribution in [-0.4, -0.2) is 35.1 Å². The molecular formula is C26H29FN2O2. The number of halogens is 1. The van der Waals surface area contributed by atoms with E-state index in [0.29, 0.717) is 12.5 Å². The first-order valence-electron chi connectivity index (χ1n) is 11.1. The predicted molar refractivity (Wildman–Crippen MR) is 118 cm³/mol. The summed E-state index contributed by atoms with van der Waals surface area (Å²) in [7, 11) is 0. The van der Waals surface area contributed by atoms with E-state index in [1.807, 2.05) is 30.3 Å². The van der Waals surface area contributed by atoms with E-state index in [0.717, 1.165) is 49.9 Å². The van der Waals surface area contributed by atoms with Gasteiger partial charge in [-0.3, -0.25) is 4.79 Å². The summed E-state index contributed by atoms with van der Waals surface area (Å²) < 4.78 is 13.3. The van der Waals surface area contributed by atoms with Crippen molar-refractivity contribution in [1.29, 1.82) is 0 Å². The number of aliphatic carboxylic acids is 1. The number of carbonyl (C=O) groups is 1. The molecular weight excluding hydrogens is 391 g/mol. The molecule has 1 heterocycles. The molecule has 0 unspecified atom stereocenters. The lowest BCUT2D eigenvalue weighted by atomic mass is 9.66. The number of rotatable bonds is 4. The molecule has 1 saturated heterocycles. The Hall–Kier alpha value is -2.71. The van der Waals surface area contributed by atoms with Crippen molar-refractivity contribution in [1.82, 2.24) is 4.90 Å². The Morgan fingerprint density at radius 2 is 1.71 bits per heavy atom. The third-order valence-corrected chi connectivity index (χ3v) is 7.71. The monoisotopic (exact) mass is 420 g/mol. The van der Waals surface area contributed by atoms with Gasteiger partial charge in [-0.25, -0.2) is 11.0 Å². The van der Waals surface area contributed by atoms with E-state index in [4.69, 9.17) is 6.57 Å². The lowest BCUT2D eigenvalue weighted by Crippen LogP contribution is -2.56. The molecule has 0 spiro atoms. The van der Waals surface area contributed by atoms with E-state index in [1.54, 1.807) is 12.1 Å². The van der Waals surface area contributed by atoms with Crippen LogP contribution in [0.25, 0.3) is 4.85 Å². The zero-order chi connectivity index (χ0) is 22.1. The molecule has 0 bridgehead atoms. The largest absolute Gasteiger partial charge is 0.481 e. The van der Waals surface area contributed by atoms with E-state index >= 15 is 0 Å². The lowest BCUT2D eigenvalue weighted by molar-refractivity contribution is -0.149. The molecule has 5 heteroatoms. The van der Waals surface area contributed by atoms with Crippen LogP contribution in [0, 0.1) is 18.3 Å². The van der Waals surface area contributed by atoms with Crippen LogP contribution in [0.2, 0.25) is 0 Å². The maximum absolute atomic E-state index is 13.3. The van der Waals surface area contributed by atoms with Crippen molar-refractivity contribution in [2.24, 2.45) is 5.92 Å². The average Bonchev–Trinajstić information content (AvgIpc) is 2.80. The first-order valence-corrected chi connectivity index (χ1v) is 11.1. The Morgan fingerprint density at radius 1 is 1.06 bits per heavy atom. The summed E-state index contributed by atoms with van der Waals surface area (Å²) in [5.41, 5.74) is 0.381. The number of likely N-dealkylation sites (tertiary alicyclic amines) is 1. The molecule has 1 aliphatic heterocycles. The van der Waals surface area contributed by atoms with Crippen LogP contribution in [0.3, 0.4) is 0 Å². The molecule has 2 fully saturated rings. The Morgan fingerprint density at radius 3 is 2.26 bits per heavy atom. The topological polar surface area (TPSA) is 44.9 Å². The van der Waals surface area contributed by atoms with Gasteiger partial charge in [-0.1, -0.05) is 37.3 Å². The van der Waals surface area contributed by atoms with Crippen molar-refractivity contribution < 1.29 is 14.3 Å². The SMILES string of the molecule is [C-]#[N+]C1(c2ccc(F)cc2)CCC(N2CC[C@@](C(=O)O)(c3ccccc3)[C@H](C)C2)CC1. The standard InChI is InChI=1S/C26H29FN2O2/c1-19-18-29(17-16-26(19,24(30)31)21-6-4-3-5-7-21)23-12-14-25(28-2,15-13-23)20-8-10-22(27)11-9-20/h3-11,19,23H,12-18H2,1H3,(H,30,31)/t19-,23?,25?,26+/m1/s1. The number of nitrogens with zero attached hydrogens (tertiary/aromatic N) is 2. The number of hydrogen-bond acceptors (Lipinski definition) is 2. The first kappa shape index (κ1) is 21.5. The molecule has 2 aliphatic rings. The number of hydrogen-bond donors (Lipinski definition) is 1. The minimum atomic E-state index is -0.846. The average molecular weight is 421 g/mol. The maximum Gasteiger partial charge on any atom is 0.314 e. The van der Waals surface area contributed by atoms with Gasteiger partial charge in [0, 0.05) is 31.0 Å². The number of carboxylic acid groups (broad SMARTS) is 1. The first-order chi connectivity index (χ1) is 14.9. The highest BCUT2D eigenvalue weighted by Gasteiger charge is 2.50. The Labute approximate surface area is 183 Å². The third-order valence-electron chi connectivity index (χ3n) is 7.71. The molecule has 162 valence electrons. The van der Waals surface area contributed by atoms with E-state index < -0.39 is 16.9 Å². The fraction of sp³-hybridized carbons (Fsp3) is 0.462. The van der Waals surface area contributed by atoms with Gasteiger partial charge in [0.15, 0.2) is 0 Å². The van der Waals surface area contributed by atoms with Gasteiger partial charge in [0.05, 0.1) is 5.41 Å². The van der Waals surface area contributed by atoms with Gasteiger partial charge >= 0.3 is 5.97 Å². The Bertz CT molecular complexity index is 961. The molecule has 1 N–H and O–H groups in total. The second kappa shape index (κ2) is 8.43. The predicted octanol–water partition coefficient (Wildman–Crippen LogP) is 5.25. The number of piperidine rings is 1. The quantitative estimate of drug-likeness (QED) is 0.688. The maximum atomic E-state index is 13.3. The fourth-order valence-electron chi connectivity index (χ4n) is 5.77. The second-order valence-corrected chi connectivity index (χ2v) is 9.17. The highest BCUT2D eigenvalue weighted by molar-refractivity contribution is 5.82. The summed E-state index contributed by atoms with van der Waals surface area (Å²) in [4.78, 5) is 18.8. The normalized spacial score (nSPS) is 31.6. The van der Waals surface area contributed by atoms with E-state index in [2.05, 4.69) is 16.7 Å². The molecule has 0 amide bonds. The summed E-state index contributed by atoms with van der Waals surface area (Å²) in [6.45, 7) is 11.4. The van der Waals surface area contributed by atoms with Gasteiger partial charge in [0.1, 0.15) is 5.82 Å². The molecule has 1 saturated carbocycles. The van der Waals surface area contributed by atoms with Crippen molar-refractivity contribution in [3.63, 3.8) is 0 Å². The Kier molecular flexibility index (Phi) is 5.85. The number of carboxylic acids is 1. The molecule has 4 rings (SSSR count). The fourth-order valence-corrected chi connectivity index (χ4v) is 5.77. The summed E-state index contributed by atoms with van der Waals surface area (Å²) in [5.74, 6) is -1.02. The summed E-state index contributed by atoms with van der Waals surface area (Å²) in [6, 6.07) is 16.4. The van der Waals surface area contributed by atoms with Crippen LogP contribution in [0.5, 0.6) is 0 Å². The Balaban J connectivity index is 1.47. The summed E-state index contributed by atoms with van der Waals surface area (Å²) in [6.07, 6.45) is 3.90. The minimum Gasteiger partial charge on any atom is -0.481 e. The zero-order valence-electron chi connectivity index (χ0n) is 17.9. The molecule has 4 nitrogen and oxygen atoms in total. The number of benzene rings is 2. The van der Waals surface area contributed by atoms with E-state index in [-0.39, 0.29) is 11.7 Å². The molecule has 0 radical (unpaired) electrons.